The van der Waals surface area contributed by atoms with Crippen molar-refractivity contribution in [2.24, 2.45) is 5.92 Å². The van der Waals surface area contributed by atoms with Crippen LogP contribution in [0.2, 0.25) is 0 Å². The van der Waals surface area contributed by atoms with Crippen LogP contribution in [0, 0.1) is 5.92 Å². The summed E-state index contributed by atoms with van der Waals surface area (Å²) in [5.74, 6) is 1.31. The maximum absolute atomic E-state index is 5.98. The number of hydrogen-bond acceptors (Lipinski definition) is 5. The number of aromatic nitrogens is 2. The normalized spacial score (nSPS) is 17.0. The molecule has 1 aliphatic heterocycles. The number of fused-ring (bicyclic) bond motifs is 1. The highest BCUT2D eigenvalue weighted by Gasteiger charge is 2.20. The van der Waals surface area contributed by atoms with Gasteiger partial charge in [-0.1, -0.05) is 42.5 Å². The van der Waals surface area contributed by atoms with Gasteiger partial charge in [0.1, 0.15) is 12.4 Å². The predicted molar refractivity (Wildman–Crippen MR) is 130 cm³/mol. The van der Waals surface area contributed by atoms with Gasteiger partial charge in [-0.3, -0.25) is 14.9 Å². The maximum Gasteiger partial charge on any atom is 0.130 e. The highest BCUT2D eigenvalue weighted by Crippen LogP contribution is 2.23. The van der Waals surface area contributed by atoms with E-state index in [1.165, 1.54) is 21.9 Å². The molecule has 0 spiro atoms. The summed E-state index contributed by atoms with van der Waals surface area (Å²) in [6, 6.07) is 22.7. The number of ether oxygens (including phenoxy) is 2. The molecule has 0 amide bonds. The number of hydrogen-bond donors (Lipinski definition) is 0. The molecule has 33 heavy (non-hydrogen) atoms. The fourth-order valence-electron chi connectivity index (χ4n) is 4.51. The van der Waals surface area contributed by atoms with E-state index >= 15 is 0 Å². The third kappa shape index (κ3) is 5.75. The van der Waals surface area contributed by atoms with E-state index in [-0.39, 0.29) is 0 Å². The van der Waals surface area contributed by atoms with Gasteiger partial charge in [-0.2, -0.15) is 0 Å². The van der Waals surface area contributed by atoms with Crippen LogP contribution in [0.1, 0.15) is 16.8 Å². The van der Waals surface area contributed by atoms with Crippen molar-refractivity contribution in [1.29, 1.82) is 0 Å². The first kappa shape index (κ1) is 21.6. The molecule has 1 aliphatic rings. The molecule has 168 valence electrons. The van der Waals surface area contributed by atoms with Crippen molar-refractivity contribution < 1.29 is 9.47 Å². The molecule has 2 aromatic heterocycles. The standard InChI is InChI=1S/C28H29N3O2/c1-2-10-28-24(7-1)16-29-17-25(28)14-23-19-31(12-13-32-20-23)18-22-6-5-9-27(15-22)33-21-26-8-3-4-11-30-26/h1-11,15-17,23H,12-14,18-21H2. The van der Waals surface area contributed by atoms with Gasteiger partial charge in [-0.15, -0.1) is 0 Å². The lowest BCUT2D eigenvalue weighted by Crippen LogP contribution is -2.30. The lowest BCUT2D eigenvalue weighted by atomic mass is 9.96. The van der Waals surface area contributed by atoms with Gasteiger partial charge < -0.3 is 9.47 Å². The Balaban J connectivity index is 1.23. The number of nitrogens with zero attached hydrogens (tertiary/aromatic N) is 3. The van der Waals surface area contributed by atoms with Crippen LogP contribution in [0.4, 0.5) is 0 Å². The van der Waals surface area contributed by atoms with Gasteiger partial charge >= 0.3 is 0 Å². The lowest BCUT2D eigenvalue weighted by molar-refractivity contribution is 0.122. The first-order chi connectivity index (χ1) is 16.3. The van der Waals surface area contributed by atoms with Crippen molar-refractivity contribution in [2.75, 3.05) is 26.3 Å². The highest BCUT2D eigenvalue weighted by molar-refractivity contribution is 5.84. The van der Waals surface area contributed by atoms with Crippen LogP contribution >= 0.6 is 0 Å². The van der Waals surface area contributed by atoms with Crippen LogP contribution in [-0.4, -0.2) is 41.2 Å². The summed E-state index contributed by atoms with van der Waals surface area (Å²) >= 11 is 0. The number of benzene rings is 2. The zero-order valence-corrected chi connectivity index (χ0v) is 18.8. The van der Waals surface area contributed by atoms with Crippen LogP contribution in [-0.2, 0) is 24.3 Å². The molecule has 3 heterocycles. The second-order valence-corrected chi connectivity index (χ2v) is 8.66. The van der Waals surface area contributed by atoms with E-state index in [0.717, 1.165) is 50.7 Å². The second-order valence-electron chi connectivity index (χ2n) is 8.66. The summed E-state index contributed by atoms with van der Waals surface area (Å²) in [4.78, 5) is 11.3. The summed E-state index contributed by atoms with van der Waals surface area (Å²) in [6.45, 7) is 4.84. The summed E-state index contributed by atoms with van der Waals surface area (Å²) in [5, 5.41) is 2.49. The lowest BCUT2D eigenvalue weighted by Gasteiger charge is -2.24. The van der Waals surface area contributed by atoms with Gasteiger partial charge in [0.05, 0.1) is 18.9 Å². The molecule has 2 aromatic carbocycles. The minimum absolute atomic E-state index is 0.434. The summed E-state index contributed by atoms with van der Waals surface area (Å²) < 4.78 is 12.0. The van der Waals surface area contributed by atoms with E-state index in [0.29, 0.717) is 12.5 Å². The minimum Gasteiger partial charge on any atom is -0.487 e. The van der Waals surface area contributed by atoms with Crippen molar-refractivity contribution in [3.8, 4) is 5.75 Å². The smallest absolute Gasteiger partial charge is 0.130 e. The Morgan fingerprint density at radius 1 is 1.00 bits per heavy atom. The zero-order valence-electron chi connectivity index (χ0n) is 18.8. The first-order valence-corrected chi connectivity index (χ1v) is 11.6. The number of rotatable bonds is 7. The van der Waals surface area contributed by atoms with Gasteiger partial charge in [0.15, 0.2) is 0 Å². The third-order valence-electron chi connectivity index (χ3n) is 6.10. The molecular formula is C28H29N3O2. The van der Waals surface area contributed by atoms with Crippen LogP contribution in [0.5, 0.6) is 5.75 Å². The van der Waals surface area contributed by atoms with Crippen molar-refractivity contribution in [3.63, 3.8) is 0 Å². The Hall–Kier alpha value is -3.28. The quantitative estimate of drug-likeness (QED) is 0.410. The fraction of sp³-hybridized carbons (Fsp3) is 0.286. The van der Waals surface area contributed by atoms with Crippen LogP contribution in [0.3, 0.4) is 0 Å². The molecule has 1 fully saturated rings. The Bertz CT molecular complexity index is 1180. The molecule has 0 N–H and O–H groups in total. The molecule has 0 bridgehead atoms. The van der Waals surface area contributed by atoms with E-state index in [1.807, 2.05) is 36.7 Å². The van der Waals surface area contributed by atoms with E-state index in [2.05, 4.69) is 57.3 Å². The second kappa shape index (κ2) is 10.6. The fourth-order valence-corrected chi connectivity index (χ4v) is 4.51. The van der Waals surface area contributed by atoms with Gasteiger partial charge in [0.2, 0.25) is 0 Å². The van der Waals surface area contributed by atoms with E-state index in [4.69, 9.17) is 9.47 Å². The molecule has 1 saturated heterocycles. The van der Waals surface area contributed by atoms with E-state index in [1.54, 1.807) is 6.20 Å². The summed E-state index contributed by atoms with van der Waals surface area (Å²) in [7, 11) is 0. The van der Waals surface area contributed by atoms with E-state index in [9.17, 15) is 0 Å². The van der Waals surface area contributed by atoms with Crippen LogP contribution < -0.4 is 4.74 Å². The largest absolute Gasteiger partial charge is 0.487 e. The minimum atomic E-state index is 0.434. The molecule has 0 aliphatic carbocycles. The summed E-state index contributed by atoms with van der Waals surface area (Å²) in [6.07, 6.45) is 6.72. The number of pyridine rings is 2. The first-order valence-electron chi connectivity index (χ1n) is 11.6. The van der Waals surface area contributed by atoms with Crippen molar-refractivity contribution in [2.45, 2.75) is 19.6 Å². The molecule has 1 atom stereocenters. The highest BCUT2D eigenvalue weighted by atomic mass is 16.5. The van der Waals surface area contributed by atoms with Crippen LogP contribution in [0.15, 0.2) is 85.3 Å². The Kier molecular flexibility index (Phi) is 6.90. The van der Waals surface area contributed by atoms with Crippen molar-refractivity contribution in [1.82, 2.24) is 14.9 Å². The van der Waals surface area contributed by atoms with Gasteiger partial charge in [0.25, 0.3) is 0 Å². The molecule has 5 heteroatoms. The third-order valence-corrected chi connectivity index (χ3v) is 6.10. The van der Waals surface area contributed by atoms with Crippen molar-refractivity contribution in [3.05, 3.63) is 102 Å². The molecular weight excluding hydrogens is 410 g/mol. The Labute approximate surface area is 195 Å². The van der Waals surface area contributed by atoms with Crippen LogP contribution in [0.25, 0.3) is 10.8 Å². The molecule has 5 rings (SSSR count). The van der Waals surface area contributed by atoms with Gasteiger partial charge in [0, 0.05) is 43.6 Å². The summed E-state index contributed by atoms with van der Waals surface area (Å²) in [5.41, 5.74) is 3.48. The SMILES string of the molecule is c1ccc(COc2cccc(CN3CCOCC(Cc4cncc5ccccc45)C3)c2)nc1. The topological polar surface area (TPSA) is 47.5 Å². The monoisotopic (exact) mass is 439 g/mol. The molecule has 0 radical (unpaired) electrons. The average Bonchev–Trinajstić information content (AvgIpc) is 3.08. The van der Waals surface area contributed by atoms with Gasteiger partial charge in [-0.25, -0.2) is 0 Å². The molecule has 0 saturated carbocycles. The Morgan fingerprint density at radius 3 is 2.88 bits per heavy atom. The predicted octanol–water partition coefficient (Wildman–Crippen LogP) is 4.90. The average molecular weight is 440 g/mol. The molecule has 1 unspecified atom stereocenters. The molecule has 5 nitrogen and oxygen atoms in total. The van der Waals surface area contributed by atoms with E-state index < -0.39 is 0 Å². The van der Waals surface area contributed by atoms with Crippen molar-refractivity contribution >= 4 is 10.8 Å². The molecule has 4 aromatic rings. The zero-order chi connectivity index (χ0) is 22.3. The maximum atomic E-state index is 5.98. The Morgan fingerprint density at radius 2 is 1.94 bits per heavy atom. The van der Waals surface area contributed by atoms with Gasteiger partial charge in [-0.05, 0) is 53.1 Å².